The second-order valence-electron chi connectivity index (χ2n) is 6.60. The fourth-order valence-corrected chi connectivity index (χ4v) is 4.94. The van der Waals surface area contributed by atoms with Crippen LogP contribution in [0.5, 0.6) is 0 Å². The van der Waals surface area contributed by atoms with Crippen LogP contribution in [-0.4, -0.2) is 30.6 Å². The summed E-state index contributed by atoms with van der Waals surface area (Å²) in [6.45, 7) is 0. The molecule has 0 aliphatic rings. The Balaban J connectivity index is 1.36. The molecule has 0 radical (unpaired) electrons. The summed E-state index contributed by atoms with van der Waals surface area (Å²) < 4.78 is 1.56. The fourth-order valence-electron chi connectivity index (χ4n) is 3.05. The van der Waals surface area contributed by atoms with Crippen LogP contribution >= 0.6 is 22.7 Å². The lowest BCUT2D eigenvalue weighted by Crippen LogP contribution is -2.14. The van der Waals surface area contributed by atoms with Gasteiger partial charge in [-0.25, -0.2) is 19.6 Å². The zero-order valence-corrected chi connectivity index (χ0v) is 17.8. The van der Waals surface area contributed by atoms with Crippen LogP contribution in [0.25, 0.3) is 27.0 Å². The predicted molar refractivity (Wildman–Crippen MR) is 122 cm³/mol. The summed E-state index contributed by atoms with van der Waals surface area (Å²) in [6.07, 6.45) is 4.86. The van der Waals surface area contributed by atoms with Crippen LogP contribution in [0, 0.1) is 0 Å². The first-order valence-electron chi connectivity index (χ1n) is 9.46. The molecular weight excluding hydrogens is 428 g/mol. The van der Waals surface area contributed by atoms with Crippen molar-refractivity contribution in [1.29, 1.82) is 0 Å². The van der Waals surface area contributed by atoms with E-state index in [1.807, 2.05) is 47.8 Å². The number of hydrogen-bond acceptors (Lipinski definition) is 7. The molecule has 1 N–H and O–H groups in total. The maximum atomic E-state index is 12.8. The minimum atomic E-state index is -0.114. The van der Waals surface area contributed by atoms with E-state index >= 15 is 0 Å². The SMILES string of the molecule is O=C(Cc1sc(-c2ccccc2)nc1-c1cccs1)Nc1ccc(-n2cncn2)nc1. The average molecular weight is 445 g/mol. The monoisotopic (exact) mass is 444 g/mol. The van der Waals surface area contributed by atoms with E-state index in [-0.39, 0.29) is 12.3 Å². The van der Waals surface area contributed by atoms with Crippen molar-refractivity contribution in [1.82, 2.24) is 24.7 Å². The second-order valence-corrected chi connectivity index (χ2v) is 8.64. The van der Waals surface area contributed by atoms with Crippen LogP contribution < -0.4 is 5.32 Å². The summed E-state index contributed by atoms with van der Waals surface area (Å²) in [5.74, 6) is 0.516. The minimum Gasteiger partial charge on any atom is -0.324 e. The molecule has 0 atom stereocenters. The number of hydrogen-bond donors (Lipinski definition) is 1. The van der Waals surface area contributed by atoms with Gasteiger partial charge < -0.3 is 5.32 Å². The first-order chi connectivity index (χ1) is 15.3. The molecule has 0 saturated carbocycles. The first kappa shape index (κ1) is 19.3. The normalized spacial score (nSPS) is 10.8. The Bertz CT molecular complexity index is 1280. The van der Waals surface area contributed by atoms with Gasteiger partial charge in [-0.3, -0.25) is 4.79 Å². The number of thiazole rings is 1. The van der Waals surface area contributed by atoms with Crippen LogP contribution in [0.4, 0.5) is 5.69 Å². The molecule has 31 heavy (non-hydrogen) atoms. The van der Waals surface area contributed by atoms with Gasteiger partial charge in [-0.05, 0) is 23.6 Å². The number of nitrogens with zero attached hydrogens (tertiary/aromatic N) is 5. The van der Waals surface area contributed by atoms with E-state index in [1.165, 1.54) is 6.33 Å². The third-order valence-corrected chi connectivity index (χ3v) is 6.46. The van der Waals surface area contributed by atoms with Crippen LogP contribution in [0.1, 0.15) is 4.88 Å². The summed E-state index contributed by atoms with van der Waals surface area (Å²) in [7, 11) is 0. The Morgan fingerprint density at radius 1 is 1.06 bits per heavy atom. The van der Waals surface area contributed by atoms with Crippen LogP contribution in [0.3, 0.4) is 0 Å². The Hall–Kier alpha value is -3.69. The molecule has 0 bridgehead atoms. The summed E-state index contributed by atoms with van der Waals surface area (Å²) >= 11 is 3.17. The van der Waals surface area contributed by atoms with Gasteiger partial charge in [-0.2, -0.15) is 5.10 Å². The summed E-state index contributed by atoms with van der Waals surface area (Å²) in [6, 6.07) is 17.6. The zero-order valence-electron chi connectivity index (χ0n) is 16.2. The number of nitrogens with one attached hydrogen (secondary N) is 1. The number of amides is 1. The number of pyridine rings is 1. The van der Waals surface area contributed by atoms with E-state index in [0.717, 1.165) is 26.0 Å². The van der Waals surface area contributed by atoms with Crippen molar-refractivity contribution in [2.45, 2.75) is 6.42 Å². The highest BCUT2D eigenvalue weighted by Crippen LogP contribution is 2.36. The summed E-state index contributed by atoms with van der Waals surface area (Å²) in [4.78, 5) is 27.8. The van der Waals surface area contributed by atoms with Crippen molar-refractivity contribution in [3.05, 3.63) is 83.7 Å². The molecule has 4 heterocycles. The zero-order chi connectivity index (χ0) is 21.0. The topological polar surface area (TPSA) is 85.6 Å². The van der Waals surface area contributed by atoms with E-state index in [1.54, 1.807) is 52.0 Å². The maximum absolute atomic E-state index is 12.8. The van der Waals surface area contributed by atoms with E-state index < -0.39 is 0 Å². The van der Waals surface area contributed by atoms with Crippen molar-refractivity contribution >= 4 is 34.3 Å². The van der Waals surface area contributed by atoms with Gasteiger partial charge in [0, 0.05) is 10.4 Å². The van der Waals surface area contributed by atoms with Gasteiger partial charge in [0.05, 0.1) is 28.9 Å². The minimum absolute atomic E-state index is 0.114. The van der Waals surface area contributed by atoms with Crippen LogP contribution in [-0.2, 0) is 11.2 Å². The van der Waals surface area contributed by atoms with Gasteiger partial charge in [-0.15, -0.1) is 22.7 Å². The fraction of sp³-hybridized carbons (Fsp3) is 0.0455. The number of rotatable bonds is 6. The summed E-state index contributed by atoms with van der Waals surface area (Å²) in [5.41, 5.74) is 2.54. The lowest BCUT2D eigenvalue weighted by molar-refractivity contribution is -0.115. The van der Waals surface area contributed by atoms with Gasteiger partial charge in [0.25, 0.3) is 0 Å². The van der Waals surface area contributed by atoms with Crippen molar-refractivity contribution in [2.24, 2.45) is 0 Å². The van der Waals surface area contributed by atoms with Gasteiger partial charge in [0.1, 0.15) is 17.7 Å². The van der Waals surface area contributed by atoms with Gasteiger partial charge in [0.15, 0.2) is 5.82 Å². The summed E-state index contributed by atoms with van der Waals surface area (Å²) in [5, 5.41) is 9.89. The van der Waals surface area contributed by atoms with E-state index in [2.05, 4.69) is 20.4 Å². The van der Waals surface area contributed by atoms with Crippen molar-refractivity contribution in [2.75, 3.05) is 5.32 Å². The van der Waals surface area contributed by atoms with Gasteiger partial charge >= 0.3 is 0 Å². The van der Waals surface area contributed by atoms with Crippen molar-refractivity contribution in [3.63, 3.8) is 0 Å². The van der Waals surface area contributed by atoms with E-state index in [9.17, 15) is 4.79 Å². The molecule has 152 valence electrons. The van der Waals surface area contributed by atoms with Crippen molar-refractivity contribution < 1.29 is 4.79 Å². The number of aromatic nitrogens is 5. The van der Waals surface area contributed by atoms with Gasteiger partial charge in [0.2, 0.25) is 5.91 Å². The number of anilines is 1. The molecule has 0 fully saturated rings. The molecule has 0 spiro atoms. The highest BCUT2D eigenvalue weighted by atomic mass is 32.1. The number of carbonyl (C=O) groups is 1. The molecule has 0 aliphatic heterocycles. The first-order valence-corrected chi connectivity index (χ1v) is 11.2. The molecule has 1 aromatic carbocycles. The van der Waals surface area contributed by atoms with Crippen LogP contribution in [0.15, 0.2) is 78.8 Å². The number of carbonyl (C=O) groups excluding carboxylic acids is 1. The molecule has 4 aromatic heterocycles. The third-order valence-electron chi connectivity index (χ3n) is 4.48. The molecule has 0 unspecified atom stereocenters. The molecule has 9 heteroatoms. The lowest BCUT2D eigenvalue weighted by Gasteiger charge is -2.06. The quantitative estimate of drug-likeness (QED) is 0.410. The predicted octanol–water partition coefficient (Wildman–Crippen LogP) is 4.70. The highest BCUT2D eigenvalue weighted by Gasteiger charge is 2.18. The molecule has 5 rings (SSSR count). The molecule has 5 aromatic rings. The molecule has 0 aliphatic carbocycles. The smallest absolute Gasteiger partial charge is 0.229 e. The Kier molecular flexibility index (Phi) is 5.34. The number of thiophene rings is 1. The van der Waals surface area contributed by atoms with Crippen molar-refractivity contribution in [3.8, 4) is 27.0 Å². The molecular formula is C22H16N6OS2. The second kappa shape index (κ2) is 8.58. The highest BCUT2D eigenvalue weighted by molar-refractivity contribution is 7.17. The lowest BCUT2D eigenvalue weighted by atomic mass is 10.2. The molecule has 7 nitrogen and oxygen atoms in total. The third kappa shape index (κ3) is 4.27. The maximum Gasteiger partial charge on any atom is 0.229 e. The Labute approximate surface area is 186 Å². The van der Waals surface area contributed by atoms with Crippen LogP contribution in [0.2, 0.25) is 0 Å². The largest absolute Gasteiger partial charge is 0.324 e. The number of benzene rings is 1. The molecule has 1 amide bonds. The average Bonchev–Trinajstić information content (AvgIpc) is 3.56. The molecule has 0 saturated heterocycles. The standard InChI is InChI=1S/C22H16N6OS2/c29-20(26-16-8-9-19(24-12-16)28-14-23-13-25-28)11-18-21(17-7-4-10-30-17)27-22(31-18)15-5-2-1-3-6-15/h1-10,12-14H,11H2,(H,26,29). The van der Waals surface area contributed by atoms with E-state index in [0.29, 0.717) is 11.5 Å². The van der Waals surface area contributed by atoms with E-state index in [4.69, 9.17) is 4.98 Å². The van der Waals surface area contributed by atoms with Gasteiger partial charge in [-0.1, -0.05) is 36.4 Å². The Morgan fingerprint density at radius 3 is 2.68 bits per heavy atom. The Morgan fingerprint density at radius 2 is 1.97 bits per heavy atom.